The molecule has 1 aliphatic carbocycles. The molecule has 16 heavy (non-hydrogen) atoms. The highest BCUT2D eigenvalue weighted by atomic mass is 19.1. The molecule has 1 fully saturated rings. The summed E-state index contributed by atoms with van der Waals surface area (Å²) in [6.45, 7) is 2.19. The van der Waals surface area contributed by atoms with Crippen molar-refractivity contribution in [3.8, 4) is 0 Å². The summed E-state index contributed by atoms with van der Waals surface area (Å²) in [5.41, 5.74) is 6.65. The quantitative estimate of drug-likeness (QED) is 0.820. The van der Waals surface area contributed by atoms with Crippen LogP contribution in [-0.2, 0) is 0 Å². The Labute approximate surface area is 94.7 Å². The van der Waals surface area contributed by atoms with E-state index >= 15 is 0 Å². The predicted molar refractivity (Wildman–Crippen MR) is 59.8 cm³/mol. The highest BCUT2D eigenvalue weighted by Crippen LogP contribution is 2.37. The maximum Gasteiger partial charge on any atom is 0.126 e. The predicted octanol–water partition coefficient (Wildman–Crippen LogP) is 3.40. The van der Waals surface area contributed by atoms with Crippen LogP contribution in [0.4, 0.5) is 8.78 Å². The number of hydrogen-bond donors (Lipinski definition) is 1. The molecule has 1 aromatic carbocycles. The fourth-order valence-electron chi connectivity index (χ4n) is 2.62. The molecule has 88 valence electrons. The summed E-state index contributed by atoms with van der Waals surface area (Å²) in [5, 5.41) is 0. The van der Waals surface area contributed by atoms with Gasteiger partial charge in [0.2, 0.25) is 0 Å². The first kappa shape index (κ1) is 11.5. The minimum atomic E-state index is -0.545. The Bertz CT molecular complexity index is 358. The number of hydrogen-bond acceptors (Lipinski definition) is 1. The summed E-state index contributed by atoms with van der Waals surface area (Å²) in [7, 11) is 0. The molecule has 1 aromatic rings. The number of nitrogens with two attached hydrogens (primary N) is 1. The molecule has 2 rings (SSSR count). The second-order valence-electron chi connectivity index (χ2n) is 4.91. The van der Waals surface area contributed by atoms with Crippen LogP contribution in [-0.4, -0.2) is 0 Å². The van der Waals surface area contributed by atoms with Crippen LogP contribution in [0.5, 0.6) is 0 Å². The van der Waals surface area contributed by atoms with E-state index in [0.29, 0.717) is 17.4 Å². The summed E-state index contributed by atoms with van der Waals surface area (Å²) in [6.07, 6.45) is 3.27. The van der Waals surface area contributed by atoms with Gasteiger partial charge in [0.25, 0.3) is 0 Å². The average Bonchev–Trinajstić information content (AvgIpc) is 2.62. The highest BCUT2D eigenvalue weighted by Gasteiger charge is 2.27. The van der Waals surface area contributed by atoms with Crippen molar-refractivity contribution in [1.82, 2.24) is 0 Å². The molecule has 0 spiro atoms. The van der Waals surface area contributed by atoms with Gasteiger partial charge in [-0.2, -0.15) is 0 Å². The molecule has 1 aliphatic rings. The standard InChI is InChI=1S/C13H17F2N/c1-8-2-3-9(4-8)13(16)10-5-11(14)7-12(15)6-10/h5-9,13H,2-4,16H2,1H3. The Balaban J connectivity index is 2.17. The van der Waals surface area contributed by atoms with E-state index < -0.39 is 11.6 Å². The van der Waals surface area contributed by atoms with Crippen LogP contribution in [0, 0.1) is 23.5 Å². The number of benzene rings is 1. The Hall–Kier alpha value is -0.960. The minimum Gasteiger partial charge on any atom is -0.324 e. The third-order valence-corrected chi connectivity index (χ3v) is 3.51. The maximum absolute atomic E-state index is 13.1. The molecule has 3 heteroatoms. The Morgan fingerprint density at radius 3 is 2.31 bits per heavy atom. The zero-order valence-corrected chi connectivity index (χ0v) is 9.42. The molecular weight excluding hydrogens is 208 g/mol. The van der Waals surface area contributed by atoms with Gasteiger partial charge in [0.15, 0.2) is 0 Å². The molecular formula is C13H17F2N. The van der Waals surface area contributed by atoms with Crippen molar-refractivity contribution in [3.63, 3.8) is 0 Å². The van der Waals surface area contributed by atoms with Gasteiger partial charge >= 0.3 is 0 Å². The van der Waals surface area contributed by atoms with Gasteiger partial charge in [-0.25, -0.2) is 8.78 Å². The van der Waals surface area contributed by atoms with Gasteiger partial charge in [-0.1, -0.05) is 13.3 Å². The molecule has 2 N–H and O–H groups in total. The molecule has 0 heterocycles. The summed E-state index contributed by atoms with van der Waals surface area (Å²) in [6, 6.07) is 3.33. The van der Waals surface area contributed by atoms with Crippen LogP contribution in [0.1, 0.15) is 37.8 Å². The molecule has 1 nitrogen and oxygen atoms in total. The Morgan fingerprint density at radius 2 is 1.81 bits per heavy atom. The molecule has 3 atom stereocenters. The normalized spacial score (nSPS) is 27.0. The van der Waals surface area contributed by atoms with Crippen LogP contribution in [0.3, 0.4) is 0 Å². The summed E-state index contributed by atoms with van der Waals surface area (Å²) in [5.74, 6) is -0.0568. The SMILES string of the molecule is CC1CCC(C(N)c2cc(F)cc(F)c2)C1. The lowest BCUT2D eigenvalue weighted by Crippen LogP contribution is -2.19. The summed E-state index contributed by atoms with van der Waals surface area (Å²) >= 11 is 0. The smallest absolute Gasteiger partial charge is 0.126 e. The Morgan fingerprint density at radius 1 is 1.19 bits per heavy atom. The Kier molecular flexibility index (Phi) is 3.24. The summed E-state index contributed by atoms with van der Waals surface area (Å²) in [4.78, 5) is 0. The molecule has 0 aromatic heterocycles. The van der Waals surface area contributed by atoms with Crippen LogP contribution in [0.2, 0.25) is 0 Å². The molecule has 0 bridgehead atoms. The van der Waals surface area contributed by atoms with E-state index in [2.05, 4.69) is 6.92 Å². The molecule has 3 unspecified atom stereocenters. The van der Waals surface area contributed by atoms with Gasteiger partial charge in [-0.3, -0.25) is 0 Å². The fraction of sp³-hybridized carbons (Fsp3) is 0.538. The van der Waals surface area contributed by atoms with Crippen LogP contribution >= 0.6 is 0 Å². The van der Waals surface area contributed by atoms with E-state index in [1.165, 1.54) is 12.1 Å². The average molecular weight is 225 g/mol. The van der Waals surface area contributed by atoms with Gasteiger partial charge in [-0.15, -0.1) is 0 Å². The first-order valence-corrected chi connectivity index (χ1v) is 5.78. The highest BCUT2D eigenvalue weighted by molar-refractivity contribution is 5.22. The van der Waals surface area contributed by atoms with Gasteiger partial charge in [-0.05, 0) is 42.4 Å². The van der Waals surface area contributed by atoms with Crippen molar-refractivity contribution in [1.29, 1.82) is 0 Å². The van der Waals surface area contributed by atoms with Crippen molar-refractivity contribution >= 4 is 0 Å². The zero-order valence-electron chi connectivity index (χ0n) is 9.42. The number of halogens is 2. The van der Waals surface area contributed by atoms with Gasteiger partial charge in [0.1, 0.15) is 11.6 Å². The number of rotatable bonds is 2. The van der Waals surface area contributed by atoms with E-state index in [1.54, 1.807) is 0 Å². The van der Waals surface area contributed by atoms with Crippen molar-refractivity contribution in [3.05, 3.63) is 35.4 Å². The fourth-order valence-corrected chi connectivity index (χ4v) is 2.62. The van der Waals surface area contributed by atoms with Crippen LogP contribution in [0.15, 0.2) is 18.2 Å². The maximum atomic E-state index is 13.1. The van der Waals surface area contributed by atoms with Crippen LogP contribution in [0.25, 0.3) is 0 Å². The minimum absolute atomic E-state index is 0.241. The first-order chi connectivity index (χ1) is 7.56. The monoisotopic (exact) mass is 225 g/mol. The lowest BCUT2D eigenvalue weighted by Gasteiger charge is -2.19. The van der Waals surface area contributed by atoms with Crippen molar-refractivity contribution in [2.45, 2.75) is 32.2 Å². The molecule has 0 aliphatic heterocycles. The van der Waals surface area contributed by atoms with E-state index in [0.717, 1.165) is 25.3 Å². The molecule has 1 saturated carbocycles. The third-order valence-electron chi connectivity index (χ3n) is 3.51. The first-order valence-electron chi connectivity index (χ1n) is 5.78. The lowest BCUT2D eigenvalue weighted by molar-refractivity contribution is 0.425. The van der Waals surface area contributed by atoms with E-state index in [-0.39, 0.29) is 6.04 Å². The molecule has 0 saturated heterocycles. The second kappa shape index (κ2) is 4.50. The van der Waals surface area contributed by atoms with E-state index in [9.17, 15) is 8.78 Å². The molecule has 0 amide bonds. The second-order valence-corrected chi connectivity index (χ2v) is 4.91. The van der Waals surface area contributed by atoms with Crippen molar-refractivity contribution in [2.24, 2.45) is 17.6 Å². The van der Waals surface area contributed by atoms with E-state index in [1.807, 2.05) is 0 Å². The third kappa shape index (κ3) is 2.40. The van der Waals surface area contributed by atoms with Gasteiger partial charge in [0.05, 0.1) is 0 Å². The van der Waals surface area contributed by atoms with Gasteiger partial charge < -0.3 is 5.73 Å². The zero-order chi connectivity index (χ0) is 11.7. The lowest BCUT2D eigenvalue weighted by atomic mass is 9.91. The largest absolute Gasteiger partial charge is 0.324 e. The van der Waals surface area contributed by atoms with Gasteiger partial charge in [0, 0.05) is 12.1 Å². The topological polar surface area (TPSA) is 26.0 Å². The summed E-state index contributed by atoms with van der Waals surface area (Å²) < 4.78 is 26.1. The van der Waals surface area contributed by atoms with E-state index in [4.69, 9.17) is 5.73 Å². The van der Waals surface area contributed by atoms with Crippen LogP contribution < -0.4 is 5.73 Å². The molecule has 0 radical (unpaired) electrons. The van der Waals surface area contributed by atoms with Crippen molar-refractivity contribution < 1.29 is 8.78 Å². The van der Waals surface area contributed by atoms with Crippen molar-refractivity contribution in [2.75, 3.05) is 0 Å².